The number of benzene rings is 2. The van der Waals surface area contributed by atoms with E-state index in [-0.39, 0.29) is 6.42 Å². The SMILES string of the molecule is CCCCCCCCc1ccc(N=Nc2ccc(CCCCCC(=O)O)c(C)c2)cc1. The fraction of sp³-hybridized carbons (Fsp3) is 0.519. The topological polar surface area (TPSA) is 62.0 Å². The highest BCUT2D eigenvalue weighted by molar-refractivity contribution is 5.66. The summed E-state index contributed by atoms with van der Waals surface area (Å²) >= 11 is 0. The average Bonchev–Trinajstić information content (AvgIpc) is 2.76. The summed E-state index contributed by atoms with van der Waals surface area (Å²) in [6, 6.07) is 14.6. The van der Waals surface area contributed by atoms with Crippen LogP contribution >= 0.6 is 0 Å². The Morgan fingerprint density at radius 1 is 0.774 bits per heavy atom. The standard InChI is InChI=1S/C27H38N2O2/c1-3-4-5-6-7-9-12-23-15-18-25(19-16-23)28-29-26-20-17-24(22(2)21-26)13-10-8-11-14-27(30)31/h15-21H,3-14H2,1-2H3,(H,30,31). The van der Waals surface area contributed by atoms with Gasteiger partial charge < -0.3 is 5.11 Å². The van der Waals surface area contributed by atoms with Crippen LogP contribution in [0.3, 0.4) is 0 Å². The predicted octanol–water partition coefficient (Wildman–Crippen LogP) is 8.50. The fourth-order valence-electron chi connectivity index (χ4n) is 3.75. The normalized spacial score (nSPS) is 11.3. The first-order valence-corrected chi connectivity index (χ1v) is 11.9. The molecule has 1 N–H and O–H groups in total. The summed E-state index contributed by atoms with van der Waals surface area (Å²) in [5.41, 5.74) is 5.63. The Morgan fingerprint density at radius 3 is 2.10 bits per heavy atom. The van der Waals surface area contributed by atoms with Crippen molar-refractivity contribution in [2.24, 2.45) is 10.2 Å². The third-order valence-corrected chi connectivity index (χ3v) is 5.70. The van der Waals surface area contributed by atoms with E-state index in [1.165, 1.54) is 55.2 Å². The Labute approximate surface area is 187 Å². The number of azo groups is 1. The van der Waals surface area contributed by atoms with Crippen LogP contribution in [0.1, 0.15) is 87.8 Å². The lowest BCUT2D eigenvalue weighted by atomic mass is 10.0. The number of hydrogen-bond acceptors (Lipinski definition) is 3. The molecule has 168 valence electrons. The van der Waals surface area contributed by atoms with E-state index in [0.717, 1.165) is 43.5 Å². The number of hydrogen-bond donors (Lipinski definition) is 1. The molecule has 0 heterocycles. The summed E-state index contributed by atoms with van der Waals surface area (Å²) in [5.74, 6) is -0.710. The van der Waals surface area contributed by atoms with Gasteiger partial charge in [0.1, 0.15) is 0 Å². The van der Waals surface area contributed by atoms with Crippen molar-refractivity contribution in [3.05, 3.63) is 59.2 Å². The molecule has 4 nitrogen and oxygen atoms in total. The van der Waals surface area contributed by atoms with Crippen LogP contribution in [-0.2, 0) is 17.6 Å². The third kappa shape index (κ3) is 10.4. The molecule has 0 aliphatic rings. The molecule has 4 heteroatoms. The molecule has 0 saturated carbocycles. The van der Waals surface area contributed by atoms with Crippen molar-refractivity contribution < 1.29 is 9.90 Å². The molecule has 0 saturated heterocycles. The van der Waals surface area contributed by atoms with E-state index in [1.54, 1.807) is 0 Å². The Kier molecular flexibility index (Phi) is 11.6. The lowest BCUT2D eigenvalue weighted by Crippen LogP contribution is -1.95. The molecule has 2 rings (SSSR count). The van der Waals surface area contributed by atoms with Gasteiger partial charge in [0.15, 0.2) is 0 Å². The number of carboxylic acids is 1. The zero-order chi connectivity index (χ0) is 22.3. The number of carbonyl (C=O) groups is 1. The van der Waals surface area contributed by atoms with E-state index in [4.69, 9.17) is 5.11 Å². The first-order chi connectivity index (χ1) is 15.1. The van der Waals surface area contributed by atoms with Crippen LogP contribution < -0.4 is 0 Å². The molecule has 0 atom stereocenters. The van der Waals surface area contributed by atoms with Crippen LogP contribution in [0.4, 0.5) is 11.4 Å². The summed E-state index contributed by atoms with van der Waals surface area (Å²) in [6.07, 6.45) is 13.0. The molecule has 0 aliphatic heterocycles. The maximum atomic E-state index is 10.6. The fourth-order valence-corrected chi connectivity index (χ4v) is 3.75. The molecule has 2 aromatic carbocycles. The van der Waals surface area contributed by atoms with Gasteiger partial charge in [-0.05, 0) is 80.0 Å². The molecular weight excluding hydrogens is 384 g/mol. The van der Waals surface area contributed by atoms with Gasteiger partial charge in [0.05, 0.1) is 11.4 Å². The second kappa shape index (κ2) is 14.5. The molecule has 0 fully saturated rings. The van der Waals surface area contributed by atoms with Gasteiger partial charge >= 0.3 is 5.97 Å². The van der Waals surface area contributed by atoms with Crippen LogP contribution in [0.25, 0.3) is 0 Å². The summed E-state index contributed by atoms with van der Waals surface area (Å²) in [5, 5.41) is 17.5. The zero-order valence-corrected chi connectivity index (χ0v) is 19.3. The molecule has 0 aliphatic carbocycles. The molecule has 0 aromatic heterocycles. The lowest BCUT2D eigenvalue weighted by Gasteiger charge is -2.06. The van der Waals surface area contributed by atoms with Crippen LogP contribution in [0.5, 0.6) is 0 Å². The van der Waals surface area contributed by atoms with Gasteiger partial charge in [-0.15, -0.1) is 0 Å². The highest BCUT2D eigenvalue weighted by Gasteiger charge is 2.02. The monoisotopic (exact) mass is 422 g/mol. The van der Waals surface area contributed by atoms with E-state index < -0.39 is 5.97 Å². The molecule has 0 spiro atoms. The van der Waals surface area contributed by atoms with Crippen LogP contribution in [0.15, 0.2) is 52.7 Å². The minimum Gasteiger partial charge on any atom is -0.481 e. The minimum absolute atomic E-state index is 0.262. The van der Waals surface area contributed by atoms with Crippen molar-refractivity contribution >= 4 is 17.3 Å². The van der Waals surface area contributed by atoms with Crippen LogP contribution in [0.2, 0.25) is 0 Å². The number of aliphatic carboxylic acids is 1. The van der Waals surface area contributed by atoms with E-state index in [0.29, 0.717) is 0 Å². The van der Waals surface area contributed by atoms with E-state index in [1.807, 2.05) is 18.2 Å². The number of rotatable bonds is 15. The highest BCUT2D eigenvalue weighted by atomic mass is 16.4. The Bertz CT molecular complexity index is 812. The maximum Gasteiger partial charge on any atom is 0.303 e. The van der Waals surface area contributed by atoms with Crippen molar-refractivity contribution in [1.82, 2.24) is 0 Å². The first kappa shape index (κ1) is 24.8. The summed E-state index contributed by atoms with van der Waals surface area (Å²) in [7, 11) is 0. The molecule has 0 radical (unpaired) electrons. The van der Waals surface area contributed by atoms with Gasteiger partial charge in [0.25, 0.3) is 0 Å². The van der Waals surface area contributed by atoms with Crippen molar-refractivity contribution in [2.45, 2.75) is 90.9 Å². The zero-order valence-electron chi connectivity index (χ0n) is 19.3. The average molecular weight is 423 g/mol. The minimum atomic E-state index is -0.710. The van der Waals surface area contributed by atoms with Crippen molar-refractivity contribution in [3.63, 3.8) is 0 Å². The molecule has 0 unspecified atom stereocenters. The smallest absolute Gasteiger partial charge is 0.303 e. The first-order valence-electron chi connectivity index (χ1n) is 11.9. The second-order valence-electron chi connectivity index (χ2n) is 8.45. The lowest BCUT2D eigenvalue weighted by molar-refractivity contribution is -0.137. The van der Waals surface area contributed by atoms with Crippen LogP contribution in [-0.4, -0.2) is 11.1 Å². The Morgan fingerprint density at radius 2 is 1.39 bits per heavy atom. The number of unbranched alkanes of at least 4 members (excludes halogenated alkanes) is 7. The van der Waals surface area contributed by atoms with Gasteiger partial charge in [-0.1, -0.05) is 63.6 Å². The number of carboxylic acid groups (broad SMARTS) is 1. The second-order valence-corrected chi connectivity index (χ2v) is 8.45. The van der Waals surface area contributed by atoms with Crippen LogP contribution in [0, 0.1) is 6.92 Å². The number of aryl methyl sites for hydroxylation is 3. The maximum absolute atomic E-state index is 10.6. The molecule has 0 amide bonds. The van der Waals surface area contributed by atoms with Crippen molar-refractivity contribution in [2.75, 3.05) is 0 Å². The summed E-state index contributed by atoms with van der Waals surface area (Å²) in [4.78, 5) is 10.6. The van der Waals surface area contributed by atoms with E-state index in [9.17, 15) is 4.79 Å². The number of nitrogens with zero attached hydrogens (tertiary/aromatic N) is 2. The Hall–Kier alpha value is -2.49. The molecular formula is C27H38N2O2. The van der Waals surface area contributed by atoms with Crippen molar-refractivity contribution in [3.8, 4) is 0 Å². The van der Waals surface area contributed by atoms with Gasteiger partial charge in [0.2, 0.25) is 0 Å². The molecule has 2 aromatic rings. The van der Waals surface area contributed by atoms with Gasteiger partial charge in [-0.25, -0.2) is 0 Å². The quantitative estimate of drug-likeness (QED) is 0.231. The highest BCUT2D eigenvalue weighted by Crippen LogP contribution is 2.23. The van der Waals surface area contributed by atoms with Gasteiger partial charge in [-0.2, -0.15) is 10.2 Å². The third-order valence-electron chi connectivity index (χ3n) is 5.70. The van der Waals surface area contributed by atoms with Crippen molar-refractivity contribution in [1.29, 1.82) is 0 Å². The van der Waals surface area contributed by atoms with Gasteiger partial charge in [0, 0.05) is 6.42 Å². The van der Waals surface area contributed by atoms with Gasteiger partial charge in [-0.3, -0.25) is 4.79 Å². The Balaban J connectivity index is 1.77. The summed E-state index contributed by atoms with van der Waals surface area (Å²) in [6.45, 7) is 4.35. The largest absolute Gasteiger partial charge is 0.481 e. The molecule has 0 bridgehead atoms. The predicted molar refractivity (Wildman–Crippen MR) is 129 cm³/mol. The summed E-state index contributed by atoms with van der Waals surface area (Å²) < 4.78 is 0. The van der Waals surface area contributed by atoms with E-state index >= 15 is 0 Å². The van der Waals surface area contributed by atoms with E-state index in [2.05, 4.69) is 48.3 Å². The molecule has 31 heavy (non-hydrogen) atoms.